The summed E-state index contributed by atoms with van der Waals surface area (Å²) in [5.41, 5.74) is -2.08. The van der Waals surface area contributed by atoms with Gasteiger partial charge in [0, 0.05) is 24.3 Å². The maximum absolute atomic E-state index is 13.8. The second kappa shape index (κ2) is 7.37. The largest absolute Gasteiger partial charge is 0.503 e. The number of carbonyl (C=O) groups is 2. The Kier molecular flexibility index (Phi) is 4.73. The van der Waals surface area contributed by atoms with Gasteiger partial charge >= 0.3 is 0 Å². The van der Waals surface area contributed by atoms with Crippen molar-refractivity contribution in [2.24, 2.45) is 0 Å². The first-order valence-electron chi connectivity index (χ1n) is 10.1. The smallest absolute Gasteiger partial charge is 0.276 e. The first-order valence-corrected chi connectivity index (χ1v) is 10.1. The van der Waals surface area contributed by atoms with Crippen LogP contribution in [0.3, 0.4) is 0 Å². The number of nitrogens with one attached hydrogen (secondary N) is 1. The van der Waals surface area contributed by atoms with Gasteiger partial charge in [-0.05, 0) is 25.3 Å². The zero-order valence-corrected chi connectivity index (χ0v) is 16.6. The Hall–Kier alpha value is -3.34. The summed E-state index contributed by atoms with van der Waals surface area (Å²) in [4.78, 5) is 39.7. The number of pyridine rings is 1. The molecule has 11 heteroatoms. The van der Waals surface area contributed by atoms with E-state index in [2.05, 4.69) is 5.32 Å². The number of carbonyl (C=O) groups excluding carboxylic acids is 2. The molecule has 8 nitrogen and oxygen atoms in total. The molecule has 2 aromatic rings. The molecule has 3 heterocycles. The SMILES string of the molecule is O=C(NCc1ccc(F)c(F)c1F)c1cn2c(c(O)c1=O)C(=O)N1C3CCC(C3)O[C@H]1C2. The fourth-order valence-electron chi connectivity index (χ4n) is 4.69. The van der Waals surface area contributed by atoms with Crippen LogP contribution in [0.15, 0.2) is 23.1 Å². The molecule has 168 valence electrons. The number of rotatable bonds is 3. The van der Waals surface area contributed by atoms with Gasteiger partial charge in [-0.1, -0.05) is 6.07 Å². The van der Waals surface area contributed by atoms with Crippen LogP contribution >= 0.6 is 0 Å². The van der Waals surface area contributed by atoms with Crippen LogP contribution in [0.2, 0.25) is 0 Å². The van der Waals surface area contributed by atoms with Crippen LogP contribution in [0.1, 0.15) is 45.7 Å². The first-order chi connectivity index (χ1) is 15.3. The molecule has 2 aliphatic heterocycles. The van der Waals surface area contributed by atoms with Gasteiger partial charge in [-0.15, -0.1) is 0 Å². The predicted molar refractivity (Wildman–Crippen MR) is 102 cm³/mol. The zero-order chi connectivity index (χ0) is 22.7. The molecule has 1 saturated heterocycles. The van der Waals surface area contributed by atoms with Gasteiger partial charge in [0.1, 0.15) is 5.56 Å². The topological polar surface area (TPSA) is 101 Å². The quantitative estimate of drug-likeness (QED) is 0.694. The summed E-state index contributed by atoms with van der Waals surface area (Å²) in [6.07, 6.45) is 2.91. The third-order valence-corrected chi connectivity index (χ3v) is 6.26. The summed E-state index contributed by atoms with van der Waals surface area (Å²) >= 11 is 0. The minimum Gasteiger partial charge on any atom is -0.503 e. The molecular weight excluding hydrogens is 431 g/mol. The Morgan fingerprint density at radius 3 is 2.75 bits per heavy atom. The Morgan fingerprint density at radius 2 is 1.97 bits per heavy atom. The summed E-state index contributed by atoms with van der Waals surface area (Å²) in [7, 11) is 0. The Morgan fingerprint density at radius 1 is 1.19 bits per heavy atom. The molecule has 3 aliphatic rings. The van der Waals surface area contributed by atoms with Crippen molar-refractivity contribution in [2.75, 3.05) is 0 Å². The molecule has 2 N–H and O–H groups in total. The number of aromatic nitrogens is 1. The number of ether oxygens (including phenoxy) is 1. The molecule has 2 fully saturated rings. The highest BCUT2D eigenvalue weighted by molar-refractivity contribution is 5.99. The van der Waals surface area contributed by atoms with Crippen LogP contribution in [0, 0.1) is 17.5 Å². The van der Waals surface area contributed by atoms with Crippen molar-refractivity contribution in [3.63, 3.8) is 0 Å². The summed E-state index contributed by atoms with van der Waals surface area (Å²) in [6, 6.07) is 1.66. The lowest BCUT2D eigenvalue weighted by atomic mass is 10.1. The van der Waals surface area contributed by atoms with E-state index in [0.717, 1.165) is 25.1 Å². The van der Waals surface area contributed by atoms with Gasteiger partial charge in [0.15, 0.2) is 35.1 Å². The summed E-state index contributed by atoms with van der Waals surface area (Å²) in [6.45, 7) is -0.397. The maximum Gasteiger partial charge on any atom is 0.276 e. The lowest BCUT2D eigenvalue weighted by Crippen LogP contribution is -2.57. The fraction of sp³-hybridized carbons (Fsp3) is 0.381. The normalized spacial score (nSPS) is 23.7. The van der Waals surface area contributed by atoms with Crippen molar-refractivity contribution < 1.29 is 32.6 Å². The number of fused-ring (bicyclic) bond motifs is 5. The Labute approximate surface area is 179 Å². The average molecular weight is 449 g/mol. The van der Waals surface area contributed by atoms with E-state index < -0.39 is 58.8 Å². The molecule has 2 amide bonds. The molecule has 3 atom stereocenters. The molecule has 0 radical (unpaired) electrons. The van der Waals surface area contributed by atoms with Crippen LogP contribution in [-0.4, -0.2) is 44.8 Å². The lowest BCUT2D eigenvalue weighted by molar-refractivity contribution is -0.132. The monoisotopic (exact) mass is 449 g/mol. The van der Waals surface area contributed by atoms with Gasteiger partial charge in [0.05, 0.1) is 12.6 Å². The number of nitrogens with zero attached hydrogens (tertiary/aromatic N) is 2. The van der Waals surface area contributed by atoms with E-state index in [0.29, 0.717) is 12.5 Å². The highest BCUT2D eigenvalue weighted by Crippen LogP contribution is 2.38. The van der Waals surface area contributed by atoms with Crippen LogP contribution in [0.25, 0.3) is 0 Å². The highest BCUT2D eigenvalue weighted by Gasteiger charge is 2.47. The number of benzene rings is 1. The van der Waals surface area contributed by atoms with Crippen LogP contribution < -0.4 is 10.7 Å². The summed E-state index contributed by atoms with van der Waals surface area (Å²) < 4.78 is 47.5. The Balaban J connectivity index is 1.43. The van der Waals surface area contributed by atoms with Gasteiger partial charge < -0.3 is 24.6 Å². The second-order valence-corrected chi connectivity index (χ2v) is 8.13. The van der Waals surface area contributed by atoms with Crippen molar-refractivity contribution >= 4 is 11.8 Å². The zero-order valence-electron chi connectivity index (χ0n) is 16.6. The van der Waals surface area contributed by atoms with Gasteiger partial charge in [-0.3, -0.25) is 14.4 Å². The van der Waals surface area contributed by atoms with E-state index in [1.807, 2.05) is 0 Å². The van der Waals surface area contributed by atoms with Crippen LogP contribution in [0.5, 0.6) is 5.75 Å². The minimum atomic E-state index is -1.67. The maximum atomic E-state index is 13.8. The Bertz CT molecular complexity index is 1210. The van der Waals surface area contributed by atoms with Gasteiger partial charge in [0.2, 0.25) is 5.43 Å². The van der Waals surface area contributed by atoms with E-state index >= 15 is 0 Å². The fourth-order valence-corrected chi connectivity index (χ4v) is 4.69. The molecule has 0 spiro atoms. The summed E-state index contributed by atoms with van der Waals surface area (Å²) in [5.74, 6) is -6.87. The molecule has 2 unspecified atom stereocenters. The van der Waals surface area contributed by atoms with E-state index in [4.69, 9.17) is 4.74 Å². The number of halogens is 3. The molecule has 1 saturated carbocycles. The van der Waals surface area contributed by atoms with Gasteiger partial charge in [-0.25, -0.2) is 13.2 Å². The molecule has 1 aromatic carbocycles. The van der Waals surface area contributed by atoms with Gasteiger partial charge in [-0.2, -0.15) is 0 Å². The number of aromatic hydroxyl groups is 1. The number of hydrogen-bond acceptors (Lipinski definition) is 5. The highest BCUT2D eigenvalue weighted by atomic mass is 19.2. The first kappa shape index (κ1) is 20.6. The number of amides is 2. The molecule has 2 bridgehead atoms. The van der Waals surface area contributed by atoms with E-state index in [1.165, 1.54) is 4.57 Å². The molecule has 32 heavy (non-hydrogen) atoms. The van der Waals surface area contributed by atoms with Gasteiger partial charge in [0.25, 0.3) is 11.8 Å². The minimum absolute atomic E-state index is 0.0246. The molecular formula is C21H18F3N3O5. The lowest BCUT2D eigenvalue weighted by Gasteiger charge is -2.44. The standard InChI is InChI=1S/C21H18F3N3O5/c22-13-4-1-9(15(23)16(13)24)6-25-20(30)12-7-26-8-14-27(10-2-3-11(5-10)32-14)21(31)17(26)19(29)18(12)28/h1,4,7,10-11,14,29H,2-3,5-6,8H2,(H,25,30)/t10?,11?,14-/m0/s1. The molecule has 1 aliphatic carbocycles. The molecule has 5 rings (SSSR count). The molecule has 1 aromatic heterocycles. The summed E-state index contributed by atoms with van der Waals surface area (Å²) in [5, 5.41) is 12.7. The van der Waals surface area contributed by atoms with E-state index in [1.54, 1.807) is 4.90 Å². The van der Waals surface area contributed by atoms with Crippen molar-refractivity contribution in [3.05, 3.63) is 62.8 Å². The van der Waals surface area contributed by atoms with Crippen molar-refractivity contribution in [1.82, 2.24) is 14.8 Å². The third-order valence-electron chi connectivity index (χ3n) is 6.26. The van der Waals surface area contributed by atoms with Crippen molar-refractivity contribution in [2.45, 2.75) is 50.7 Å². The average Bonchev–Trinajstić information content (AvgIpc) is 3.14. The number of hydrogen-bond donors (Lipinski definition) is 2. The van der Waals surface area contributed by atoms with E-state index in [-0.39, 0.29) is 29.9 Å². The second-order valence-electron chi connectivity index (χ2n) is 8.13. The van der Waals surface area contributed by atoms with Crippen molar-refractivity contribution in [3.8, 4) is 5.75 Å². The third kappa shape index (κ3) is 3.07. The van der Waals surface area contributed by atoms with Crippen LogP contribution in [0.4, 0.5) is 13.2 Å². The van der Waals surface area contributed by atoms with Crippen LogP contribution in [-0.2, 0) is 17.8 Å². The van der Waals surface area contributed by atoms with E-state index in [9.17, 15) is 32.7 Å². The predicted octanol–water partition coefficient (Wildman–Crippen LogP) is 1.63. The van der Waals surface area contributed by atoms with Crippen molar-refractivity contribution in [1.29, 1.82) is 0 Å².